The van der Waals surface area contributed by atoms with Crippen molar-refractivity contribution >= 4 is 27.7 Å². The minimum atomic E-state index is -0.289. The number of carbonyl (C=O) groups excluding carboxylic acids is 1. The van der Waals surface area contributed by atoms with E-state index in [0.29, 0.717) is 17.3 Å². The van der Waals surface area contributed by atoms with Gasteiger partial charge < -0.3 is 14.6 Å². The number of nitrogens with zero attached hydrogens (tertiary/aromatic N) is 1. The molecule has 6 heteroatoms. The van der Waals surface area contributed by atoms with Crippen LogP contribution in [0.15, 0.2) is 39.3 Å². The number of hydrogen-bond acceptors (Lipinski definition) is 4. The summed E-state index contributed by atoms with van der Waals surface area (Å²) >= 11 is 3.32. The SMILES string of the molecule is Cc1cc(NC(=O)COc2cccc(Br)c2)no1. The molecular weight excluding hydrogens is 300 g/mol. The summed E-state index contributed by atoms with van der Waals surface area (Å²) in [7, 11) is 0. The van der Waals surface area contributed by atoms with Crippen LogP contribution in [0.25, 0.3) is 0 Å². The topological polar surface area (TPSA) is 64.4 Å². The molecule has 0 bridgehead atoms. The Bertz CT molecular complexity index is 554. The Morgan fingerprint density at radius 3 is 3.00 bits per heavy atom. The molecule has 0 radical (unpaired) electrons. The number of halogens is 1. The summed E-state index contributed by atoms with van der Waals surface area (Å²) in [6.45, 7) is 1.67. The lowest BCUT2D eigenvalue weighted by Crippen LogP contribution is -2.20. The molecule has 0 aliphatic carbocycles. The van der Waals surface area contributed by atoms with E-state index in [4.69, 9.17) is 9.26 Å². The molecule has 1 heterocycles. The largest absolute Gasteiger partial charge is 0.484 e. The first-order valence-electron chi connectivity index (χ1n) is 5.25. The van der Waals surface area contributed by atoms with E-state index in [0.717, 1.165) is 4.47 Å². The first-order chi connectivity index (χ1) is 8.63. The number of ether oxygens (including phenoxy) is 1. The maximum Gasteiger partial charge on any atom is 0.263 e. The number of nitrogens with one attached hydrogen (secondary N) is 1. The Morgan fingerprint density at radius 2 is 2.33 bits per heavy atom. The molecule has 1 N–H and O–H groups in total. The second-order valence-corrected chi connectivity index (χ2v) is 4.53. The van der Waals surface area contributed by atoms with Gasteiger partial charge in [0.2, 0.25) is 0 Å². The molecule has 5 nitrogen and oxygen atoms in total. The van der Waals surface area contributed by atoms with Crippen molar-refractivity contribution in [1.29, 1.82) is 0 Å². The van der Waals surface area contributed by atoms with Crippen LogP contribution in [0.4, 0.5) is 5.82 Å². The number of carbonyl (C=O) groups is 1. The van der Waals surface area contributed by atoms with Crippen LogP contribution in [-0.4, -0.2) is 17.7 Å². The van der Waals surface area contributed by atoms with Gasteiger partial charge in [0.25, 0.3) is 5.91 Å². The van der Waals surface area contributed by atoms with Gasteiger partial charge in [-0.25, -0.2) is 0 Å². The fraction of sp³-hybridized carbons (Fsp3) is 0.167. The number of rotatable bonds is 4. The zero-order chi connectivity index (χ0) is 13.0. The fourth-order valence-corrected chi connectivity index (χ4v) is 1.69. The molecule has 1 aromatic heterocycles. The predicted octanol–water partition coefficient (Wildman–Crippen LogP) is 2.76. The molecule has 1 aromatic carbocycles. The molecular formula is C12H11BrN2O3. The molecule has 1 amide bonds. The van der Waals surface area contributed by atoms with Crippen LogP contribution in [0.2, 0.25) is 0 Å². The minimum absolute atomic E-state index is 0.0810. The summed E-state index contributed by atoms with van der Waals surface area (Å²) in [6, 6.07) is 8.91. The maximum atomic E-state index is 11.6. The molecule has 2 aromatic rings. The Labute approximate surface area is 112 Å². The van der Waals surface area contributed by atoms with Gasteiger partial charge in [0, 0.05) is 10.5 Å². The highest BCUT2D eigenvalue weighted by Crippen LogP contribution is 2.17. The van der Waals surface area contributed by atoms with E-state index in [9.17, 15) is 4.79 Å². The number of hydrogen-bond donors (Lipinski definition) is 1. The molecule has 0 spiro atoms. The van der Waals surface area contributed by atoms with Crippen LogP contribution in [0.5, 0.6) is 5.75 Å². The van der Waals surface area contributed by atoms with Crippen molar-refractivity contribution in [2.24, 2.45) is 0 Å². The number of anilines is 1. The highest BCUT2D eigenvalue weighted by molar-refractivity contribution is 9.10. The molecule has 0 unspecified atom stereocenters. The van der Waals surface area contributed by atoms with E-state index >= 15 is 0 Å². The van der Waals surface area contributed by atoms with E-state index in [2.05, 4.69) is 26.4 Å². The van der Waals surface area contributed by atoms with E-state index < -0.39 is 0 Å². The van der Waals surface area contributed by atoms with Crippen molar-refractivity contribution in [3.63, 3.8) is 0 Å². The molecule has 0 saturated heterocycles. The Balaban J connectivity index is 1.85. The summed E-state index contributed by atoms with van der Waals surface area (Å²) in [5.74, 6) is 1.35. The number of aromatic nitrogens is 1. The van der Waals surface area contributed by atoms with Crippen LogP contribution in [0.3, 0.4) is 0 Å². The zero-order valence-corrected chi connectivity index (χ0v) is 11.2. The smallest absolute Gasteiger partial charge is 0.263 e. The molecule has 0 aliphatic heterocycles. The van der Waals surface area contributed by atoms with Gasteiger partial charge in [-0.05, 0) is 25.1 Å². The molecule has 0 fully saturated rings. The highest BCUT2D eigenvalue weighted by Gasteiger charge is 2.07. The van der Waals surface area contributed by atoms with Gasteiger partial charge in [-0.1, -0.05) is 27.2 Å². The monoisotopic (exact) mass is 310 g/mol. The van der Waals surface area contributed by atoms with E-state index in [1.165, 1.54) is 0 Å². The summed E-state index contributed by atoms with van der Waals surface area (Å²) < 4.78 is 11.1. The van der Waals surface area contributed by atoms with Gasteiger partial charge >= 0.3 is 0 Å². The number of amides is 1. The van der Waals surface area contributed by atoms with Crippen LogP contribution in [0, 0.1) is 6.92 Å². The lowest BCUT2D eigenvalue weighted by molar-refractivity contribution is -0.118. The average molecular weight is 311 g/mol. The standard InChI is InChI=1S/C12H11BrN2O3/c1-8-5-11(15-18-8)14-12(16)7-17-10-4-2-3-9(13)6-10/h2-6H,7H2,1H3,(H,14,15,16). The van der Waals surface area contributed by atoms with E-state index in [1.54, 1.807) is 25.1 Å². The molecule has 18 heavy (non-hydrogen) atoms. The van der Waals surface area contributed by atoms with Gasteiger partial charge in [0.1, 0.15) is 11.5 Å². The fourth-order valence-electron chi connectivity index (χ4n) is 1.31. The summed E-state index contributed by atoms with van der Waals surface area (Å²) in [5, 5.41) is 6.22. The third kappa shape index (κ3) is 3.59. The van der Waals surface area contributed by atoms with Crippen LogP contribution in [-0.2, 0) is 4.79 Å². The lowest BCUT2D eigenvalue weighted by atomic mass is 10.3. The van der Waals surface area contributed by atoms with Crippen LogP contribution >= 0.6 is 15.9 Å². The first kappa shape index (κ1) is 12.6. The minimum Gasteiger partial charge on any atom is -0.484 e. The summed E-state index contributed by atoms with van der Waals surface area (Å²) in [5.41, 5.74) is 0. The Hall–Kier alpha value is -1.82. The van der Waals surface area contributed by atoms with Crippen molar-refractivity contribution in [3.8, 4) is 5.75 Å². The van der Waals surface area contributed by atoms with Crippen molar-refractivity contribution in [1.82, 2.24) is 5.16 Å². The highest BCUT2D eigenvalue weighted by atomic mass is 79.9. The van der Waals surface area contributed by atoms with Gasteiger partial charge in [0.05, 0.1) is 0 Å². The normalized spacial score (nSPS) is 10.1. The van der Waals surface area contributed by atoms with Gasteiger partial charge in [0.15, 0.2) is 12.4 Å². The zero-order valence-electron chi connectivity index (χ0n) is 9.64. The second kappa shape index (κ2) is 5.68. The number of benzene rings is 1. The predicted molar refractivity (Wildman–Crippen MR) is 69.5 cm³/mol. The average Bonchev–Trinajstić information content (AvgIpc) is 2.72. The lowest BCUT2D eigenvalue weighted by Gasteiger charge is -2.05. The van der Waals surface area contributed by atoms with E-state index in [-0.39, 0.29) is 12.5 Å². The maximum absolute atomic E-state index is 11.6. The van der Waals surface area contributed by atoms with Gasteiger partial charge in [-0.2, -0.15) is 0 Å². The molecule has 0 saturated carbocycles. The summed E-state index contributed by atoms with van der Waals surface area (Å²) in [6.07, 6.45) is 0. The Morgan fingerprint density at radius 1 is 1.50 bits per heavy atom. The third-order valence-electron chi connectivity index (χ3n) is 2.06. The van der Waals surface area contributed by atoms with Crippen LogP contribution < -0.4 is 10.1 Å². The van der Waals surface area contributed by atoms with Gasteiger partial charge in [-0.3, -0.25) is 4.79 Å². The van der Waals surface area contributed by atoms with Crippen LogP contribution in [0.1, 0.15) is 5.76 Å². The molecule has 0 atom stereocenters. The molecule has 0 aliphatic rings. The quantitative estimate of drug-likeness (QED) is 0.943. The third-order valence-corrected chi connectivity index (χ3v) is 2.55. The molecule has 94 valence electrons. The van der Waals surface area contributed by atoms with E-state index in [1.807, 2.05) is 12.1 Å². The van der Waals surface area contributed by atoms with Crippen molar-refractivity contribution < 1.29 is 14.1 Å². The van der Waals surface area contributed by atoms with Crippen molar-refractivity contribution in [2.45, 2.75) is 6.92 Å². The second-order valence-electron chi connectivity index (χ2n) is 3.62. The molecule has 2 rings (SSSR count). The van der Waals surface area contributed by atoms with Crippen molar-refractivity contribution in [3.05, 3.63) is 40.6 Å². The summed E-state index contributed by atoms with van der Waals surface area (Å²) in [4.78, 5) is 11.6. The number of aryl methyl sites for hydroxylation is 1. The Kier molecular flexibility index (Phi) is 3.99. The van der Waals surface area contributed by atoms with Crippen molar-refractivity contribution in [2.75, 3.05) is 11.9 Å². The first-order valence-corrected chi connectivity index (χ1v) is 6.04. The van der Waals surface area contributed by atoms with Gasteiger partial charge in [-0.15, -0.1) is 0 Å².